The SMILES string of the molecule is COC(=O)N(c1ccc(N(CCO[Si](C)(C)C(C)(C)C)CCO[Si](C)(C)C(C)(C)C)cc1)c1cnc([N+](=O)[O-])n1C. The average Bonchev–Trinajstić information content (AvgIpc) is 3.23. The van der Waals surface area contributed by atoms with Crippen molar-refractivity contribution in [3.63, 3.8) is 0 Å². The summed E-state index contributed by atoms with van der Waals surface area (Å²) in [5.74, 6) is -0.154. The second-order valence-corrected chi connectivity index (χ2v) is 22.9. The highest BCUT2D eigenvalue weighted by molar-refractivity contribution is 6.74. The van der Waals surface area contributed by atoms with Gasteiger partial charge < -0.3 is 28.6 Å². The first-order chi connectivity index (χ1) is 18.7. The summed E-state index contributed by atoms with van der Waals surface area (Å²) in [4.78, 5) is 30.8. The van der Waals surface area contributed by atoms with E-state index in [4.69, 9.17) is 13.6 Å². The standard InChI is InChI=1S/C28H49N5O6Si2/c1-27(2,3)40(9,10)38-19-17-31(18-20-39-41(11,12)28(4,5)6)22-13-15-23(16-14-22)32(26(34)37-8)24-21-29-25(30(24)7)33(35)36/h13-16,21H,17-20H2,1-12H3. The number of carbonyl (C=O) groups is 1. The predicted molar refractivity (Wildman–Crippen MR) is 169 cm³/mol. The van der Waals surface area contributed by atoms with Gasteiger partial charge in [-0.3, -0.25) is 0 Å². The molecule has 0 fully saturated rings. The van der Waals surface area contributed by atoms with Crippen LogP contribution in [0, 0.1) is 10.1 Å². The molecule has 2 aromatic rings. The molecule has 1 amide bonds. The van der Waals surface area contributed by atoms with Gasteiger partial charge in [0.05, 0.1) is 33.1 Å². The summed E-state index contributed by atoms with van der Waals surface area (Å²) < 4.78 is 19.2. The van der Waals surface area contributed by atoms with E-state index >= 15 is 0 Å². The van der Waals surface area contributed by atoms with Crippen LogP contribution in [0.15, 0.2) is 30.5 Å². The Kier molecular flexibility index (Phi) is 11.0. The fourth-order valence-corrected chi connectivity index (χ4v) is 5.70. The van der Waals surface area contributed by atoms with Crippen LogP contribution in [0.4, 0.5) is 27.9 Å². The topological polar surface area (TPSA) is 112 Å². The first-order valence-corrected chi connectivity index (χ1v) is 19.7. The van der Waals surface area contributed by atoms with E-state index in [1.165, 1.54) is 29.8 Å². The molecule has 0 spiro atoms. The van der Waals surface area contributed by atoms with Gasteiger partial charge in [0, 0.05) is 18.8 Å². The molecule has 1 aromatic carbocycles. The minimum Gasteiger partial charge on any atom is -0.452 e. The van der Waals surface area contributed by atoms with E-state index in [0.717, 1.165) is 5.69 Å². The zero-order valence-corrected chi connectivity index (χ0v) is 28.9. The molecule has 0 aliphatic rings. The van der Waals surface area contributed by atoms with Gasteiger partial charge in [0.15, 0.2) is 22.8 Å². The van der Waals surface area contributed by atoms with Gasteiger partial charge >= 0.3 is 12.0 Å². The van der Waals surface area contributed by atoms with E-state index in [9.17, 15) is 14.9 Å². The normalized spacial score (nSPS) is 12.8. The summed E-state index contributed by atoms with van der Waals surface area (Å²) in [5, 5.41) is 11.6. The van der Waals surface area contributed by atoms with Gasteiger partial charge in [-0.25, -0.2) is 14.3 Å². The number of hydrogen-bond donors (Lipinski definition) is 0. The van der Waals surface area contributed by atoms with Crippen LogP contribution in [0.1, 0.15) is 41.5 Å². The Morgan fingerprint density at radius 1 is 0.927 bits per heavy atom. The van der Waals surface area contributed by atoms with Crippen molar-refractivity contribution in [3.8, 4) is 0 Å². The number of carbonyl (C=O) groups excluding carboxylic acids is 1. The number of anilines is 3. The summed E-state index contributed by atoms with van der Waals surface area (Å²) in [6.45, 7) is 24.9. The Morgan fingerprint density at radius 3 is 1.73 bits per heavy atom. The van der Waals surface area contributed by atoms with E-state index in [2.05, 4.69) is 77.6 Å². The summed E-state index contributed by atoms with van der Waals surface area (Å²) >= 11 is 0. The zero-order valence-electron chi connectivity index (χ0n) is 26.9. The lowest BCUT2D eigenvalue weighted by molar-refractivity contribution is -0.396. The molecule has 1 heterocycles. The smallest absolute Gasteiger partial charge is 0.436 e. The van der Waals surface area contributed by atoms with Crippen LogP contribution in [-0.4, -0.2) is 70.6 Å². The molecule has 0 aliphatic heterocycles. The number of nitrogens with zero attached hydrogens (tertiary/aromatic N) is 5. The van der Waals surface area contributed by atoms with Crippen LogP contribution >= 0.6 is 0 Å². The monoisotopic (exact) mass is 607 g/mol. The van der Waals surface area contributed by atoms with Crippen LogP contribution in [0.2, 0.25) is 36.3 Å². The first-order valence-electron chi connectivity index (χ1n) is 13.9. The molecule has 0 bridgehead atoms. The lowest BCUT2D eigenvalue weighted by Gasteiger charge is -2.38. The lowest BCUT2D eigenvalue weighted by Crippen LogP contribution is -2.44. The molecule has 41 heavy (non-hydrogen) atoms. The molecule has 0 saturated carbocycles. The summed E-state index contributed by atoms with van der Waals surface area (Å²) in [6, 6.07) is 7.44. The van der Waals surface area contributed by atoms with Crippen molar-refractivity contribution in [1.82, 2.24) is 9.55 Å². The van der Waals surface area contributed by atoms with Crippen molar-refractivity contribution < 1.29 is 23.3 Å². The molecular formula is C28H49N5O6Si2. The third kappa shape index (κ3) is 8.40. The number of rotatable bonds is 12. The second kappa shape index (κ2) is 13.1. The van der Waals surface area contributed by atoms with Gasteiger partial charge in [-0.1, -0.05) is 46.5 Å². The summed E-state index contributed by atoms with van der Waals surface area (Å²) in [5.41, 5.74) is 1.45. The second-order valence-electron chi connectivity index (χ2n) is 13.3. The highest BCUT2D eigenvalue weighted by atomic mass is 28.4. The molecule has 0 unspecified atom stereocenters. The Labute approximate surface area is 247 Å². The molecule has 0 radical (unpaired) electrons. The number of imidazole rings is 1. The van der Waals surface area contributed by atoms with Gasteiger partial charge in [-0.15, -0.1) is 0 Å². The maximum absolute atomic E-state index is 12.8. The first kappa shape index (κ1) is 34.5. The number of nitro groups is 1. The molecule has 0 atom stereocenters. The minimum absolute atomic E-state index is 0.114. The van der Waals surface area contributed by atoms with Crippen molar-refractivity contribution >= 4 is 45.9 Å². The summed E-state index contributed by atoms with van der Waals surface area (Å²) in [6.07, 6.45) is 0.601. The van der Waals surface area contributed by atoms with Crippen LogP contribution in [0.3, 0.4) is 0 Å². The quantitative estimate of drug-likeness (QED) is 0.143. The average molecular weight is 608 g/mol. The van der Waals surface area contributed by atoms with E-state index in [1.54, 1.807) is 12.1 Å². The molecule has 0 saturated heterocycles. The third-order valence-electron chi connectivity index (χ3n) is 8.42. The van der Waals surface area contributed by atoms with Gasteiger partial charge in [0.1, 0.15) is 0 Å². The number of amides is 1. The number of ether oxygens (including phenoxy) is 1. The number of methoxy groups -OCH3 is 1. The number of benzene rings is 1. The maximum atomic E-state index is 12.8. The van der Waals surface area contributed by atoms with E-state index in [1.807, 2.05) is 12.1 Å². The molecule has 230 valence electrons. The molecule has 11 nitrogen and oxygen atoms in total. The highest BCUT2D eigenvalue weighted by Gasteiger charge is 2.38. The molecule has 1 aromatic heterocycles. The highest BCUT2D eigenvalue weighted by Crippen LogP contribution is 2.38. The minimum atomic E-state index is -1.91. The Bertz CT molecular complexity index is 1150. The molecule has 2 rings (SSSR count). The number of hydrogen-bond acceptors (Lipinski definition) is 8. The van der Waals surface area contributed by atoms with Gasteiger partial charge in [0.2, 0.25) is 5.82 Å². The fraction of sp³-hybridized carbons (Fsp3) is 0.643. The van der Waals surface area contributed by atoms with Crippen LogP contribution in [0.25, 0.3) is 0 Å². The largest absolute Gasteiger partial charge is 0.452 e. The number of aromatic nitrogens is 2. The predicted octanol–water partition coefficient (Wildman–Crippen LogP) is 7.08. The van der Waals surface area contributed by atoms with Gasteiger partial charge in [0.25, 0.3) is 0 Å². The molecule has 0 N–H and O–H groups in total. The van der Waals surface area contributed by atoms with Crippen molar-refractivity contribution in [2.75, 3.05) is 43.2 Å². The van der Waals surface area contributed by atoms with E-state index < -0.39 is 27.7 Å². The van der Waals surface area contributed by atoms with Crippen LogP contribution in [-0.2, 0) is 20.6 Å². The Balaban J connectivity index is 2.34. The third-order valence-corrected chi connectivity index (χ3v) is 17.5. The zero-order chi connectivity index (χ0) is 31.4. The molecular weight excluding hydrogens is 559 g/mol. The van der Waals surface area contributed by atoms with Gasteiger partial charge in [-0.05, 0) is 65.5 Å². The van der Waals surface area contributed by atoms with E-state index in [-0.39, 0.29) is 21.8 Å². The van der Waals surface area contributed by atoms with Crippen molar-refractivity contribution in [2.45, 2.75) is 77.8 Å². The fourth-order valence-electron chi connectivity index (χ4n) is 3.63. The molecule has 0 aliphatic carbocycles. The van der Waals surface area contributed by atoms with Crippen LogP contribution in [0.5, 0.6) is 0 Å². The van der Waals surface area contributed by atoms with E-state index in [0.29, 0.717) is 32.0 Å². The summed E-state index contributed by atoms with van der Waals surface area (Å²) in [7, 11) is -1.08. The van der Waals surface area contributed by atoms with Crippen LogP contribution < -0.4 is 9.80 Å². The van der Waals surface area contributed by atoms with Crippen molar-refractivity contribution in [3.05, 3.63) is 40.6 Å². The van der Waals surface area contributed by atoms with Gasteiger partial charge in [-0.2, -0.15) is 0 Å². The molecule has 13 heteroatoms. The lowest BCUT2D eigenvalue weighted by atomic mass is 10.2. The Morgan fingerprint density at radius 2 is 1.37 bits per heavy atom. The Hall–Kier alpha value is -2.75. The van der Waals surface area contributed by atoms with Crippen molar-refractivity contribution in [1.29, 1.82) is 0 Å². The van der Waals surface area contributed by atoms with Crippen molar-refractivity contribution in [2.24, 2.45) is 7.05 Å². The maximum Gasteiger partial charge on any atom is 0.436 e.